The van der Waals surface area contributed by atoms with Crippen LogP contribution < -0.4 is 5.32 Å². The summed E-state index contributed by atoms with van der Waals surface area (Å²) in [5, 5.41) is 12.5. The van der Waals surface area contributed by atoms with Crippen LogP contribution in [0.25, 0.3) is 0 Å². The molecule has 0 fully saturated rings. The molecular formula is C27H43NO6. The highest BCUT2D eigenvalue weighted by Crippen LogP contribution is 2.27. The second-order valence-electron chi connectivity index (χ2n) is 9.44. The maximum atomic E-state index is 13.5. The van der Waals surface area contributed by atoms with Gasteiger partial charge in [0.1, 0.15) is 18.6 Å². The summed E-state index contributed by atoms with van der Waals surface area (Å²) in [6, 6.07) is 5.78. The molecular weight excluding hydrogens is 434 g/mol. The smallest absolute Gasteiger partial charge is 0.328 e. The fourth-order valence-corrected chi connectivity index (χ4v) is 3.83. The Morgan fingerprint density at radius 2 is 1.74 bits per heavy atom. The first kappa shape index (κ1) is 29.7. The molecule has 0 spiro atoms. The summed E-state index contributed by atoms with van der Waals surface area (Å²) in [4.78, 5) is 26.0. The van der Waals surface area contributed by atoms with Crippen molar-refractivity contribution in [2.75, 3.05) is 27.6 Å². The lowest BCUT2D eigenvalue weighted by Gasteiger charge is -2.28. The van der Waals surface area contributed by atoms with Gasteiger partial charge in [-0.2, -0.15) is 0 Å². The number of phenols is 1. The average molecular weight is 478 g/mol. The van der Waals surface area contributed by atoms with Crippen molar-refractivity contribution in [3.8, 4) is 5.75 Å². The molecule has 1 amide bonds. The molecule has 2 N–H and O–H groups in total. The lowest BCUT2D eigenvalue weighted by Crippen LogP contribution is -2.47. The number of hydrogen-bond acceptors (Lipinski definition) is 6. The van der Waals surface area contributed by atoms with Gasteiger partial charge in [0.2, 0.25) is 5.91 Å². The molecule has 0 aliphatic rings. The predicted octanol–water partition coefficient (Wildman–Crippen LogP) is 4.48. The first-order chi connectivity index (χ1) is 16.2. The molecule has 3 atom stereocenters. The predicted molar refractivity (Wildman–Crippen MR) is 133 cm³/mol. The highest BCUT2D eigenvalue weighted by Gasteiger charge is 2.31. The van der Waals surface area contributed by atoms with Gasteiger partial charge in [0.15, 0.2) is 0 Å². The summed E-state index contributed by atoms with van der Waals surface area (Å²) in [6.07, 6.45) is 6.84. The number of benzene rings is 1. The van der Waals surface area contributed by atoms with Gasteiger partial charge in [0.05, 0.1) is 7.11 Å². The fraction of sp³-hybridized carbons (Fsp3) is 0.630. The van der Waals surface area contributed by atoms with E-state index in [1.165, 1.54) is 7.11 Å². The minimum Gasteiger partial charge on any atom is -0.508 e. The molecule has 192 valence electrons. The minimum atomic E-state index is -0.809. The standard InChI is InChI=1S/C27H43NO6/c1-19(2)9-12-22(8-7-15-34-18-32-5)24(16-20(3)4)26(30)28-25(27(31)33-6)17-21-10-13-23(29)14-11-21/h9-14,19-20,22,24-25,29H,7-8,15-18H2,1-6H3,(H,28,30)/b12-9+/t22-,24+,25-/m0/s1. The van der Waals surface area contributed by atoms with Crippen LogP contribution in [0.2, 0.25) is 0 Å². The second-order valence-corrected chi connectivity index (χ2v) is 9.44. The summed E-state index contributed by atoms with van der Waals surface area (Å²) >= 11 is 0. The van der Waals surface area contributed by atoms with Crippen molar-refractivity contribution in [1.29, 1.82) is 0 Å². The SMILES string of the molecule is COCOCCC[C@@H](/C=C/C(C)C)[C@@H](CC(C)C)C(=O)N[C@@H](Cc1ccc(O)cc1)C(=O)OC. The maximum Gasteiger partial charge on any atom is 0.328 e. The quantitative estimate of drug-likeness (QED) is 0.158. The topological polar surface area (TPSA) is 94.1 Å². The zero-order chi connectivity index (χ0) is 25.5. The van der Waals surface area contributed by atoms with Crippen molar-refractivity contribution in [2.45, 2.75) is 59.4 Å². The van der Waals surface area contributed by atoms with Crippen molar-refractivity contribution in [2.24, 2.45) is 23.7 Å². The molecule has 0 saturated carbocycles. The number of carbonyl (C=O) groups excluding carboxylic acids is 2. The number of phenolic OH excluding ortho intramolecular Hbond substituents is 1. The Labute approximate surface area is 204 Å². The monoisotopic (exact) mass is 477 g/mol. The van der Waals surface area contributed by atoms with Gasteiger partial charge < -0.3 is 24.6 Å². The van der Waals surface area contributed by atoms with Crippen molar-refractivity contribution in [3.63, 3.8) is 0 Å². The Hall–Kier alpha value is -2.38. The molecule has 7 nitrogen and oxygen atoms in total. The average Bonchev–Trinajstić information content (AvgIpc) is 2.79. The van der Waals surface area contributed by atoms with E-state index in [0.29, 0.717) is 24.9 Å². The van der Waals surface area contributed by atoms with Crippen LogP contribution in [0.5, 0.6) is 5.75 Å². The van der Waals surface area contributed by atoms with E-state index in [-0.39, 0.29) is 36.7 Å². The van der Waals surface area contributed by atoms with Gasteiger partial charge in [0, 0.05) is 26.1 Å². The number of methoxy groups -OCH3 is 2. The summed E-state index contributed by atoms with van der Waals surface area (Å²) in [5.41, 5.74) is 0.820. The van der Waals surface area contributed by atoms with Crippen LogP contribution in [-0.2, 0) is 30.2 Å². The molecule has 0 unspecified atom stereocenters. The van der Waals surface area contributed by atoms with Gasteiger partial charge >= 0.3 is 5.97 Å². The third-order valence-electron chi connectivity index (χ3n) is 5.53. The van der Waals surface area contributed by atoms with E-state index >= 15 is 0 Å². The molecule has 0 saturated heterocycles. The number of nitrogens with one attached hydrogen (secondary N) is 1. The van der Waals surface area contributed by atoms with Gasteiger partial charge in [-0.05, 0) is 54.7 Å². The summed E-state index contributed by atoms with van der Waals surface area (Å²) in [7, 11) is 2.91. The van der Waals surface area contributed by atoms with Gasteiger partial charge in [-0.1, -0.05) is 52.0 Å². The fourth-order valence-electron chi connectivity index (χ4n) is 3.83. The Kier molecular flexibility index (Phi) is 14.2. The van der Waals surface area contributed by atoms with Crippen LogP contribution in [-0.4, -0.2) is 50.6 Å². The number of carbonyl (C=O) groups is 2. The first-order valence-corrected chi connectivity index (χ1v) is 12.1. The van der Waals surface area contributed by atoms with Crippen LogP contribution in [0.1, 0.15) is 52.5 Å². The van der Waals surface area contributed by atoms with E-state index in [9.17, 15) is 14.7 Å². The zero-order valence-corrected chi connectivity index (χ0v) is 21.6. The highest BCUT2D eigenvalue weighted by atomic mass is 16.7. The van der Waals surface area contributed by atoms with Crippen molar-refractivity contribution in [3.05, 3.63) is 42.0 Å². The van der Waals surface area contributed by atoms with E-state index in [1.807, 2.05) is 0 Å². The number of allylic oxidation sites excluding steroid dienone is 2. The molecule has 1 aromatic rings. The molecule has 0 radical (unpaired) electrons. The Balaban J connectivity index is 3.06. The van der Waals surface area contributed by atoms with E-state index in [2.05, 4.69) is 45.2 Å². The summed E-state index contributed by atoms with van der Waals surface area (Å²) < 4.78 is 15.3. The van der Waals surface area contributed by atoms with Crippen LogP contribution in [0.3, 0.4) is 0 Å². The molecule has 0 aliphatic carbocycles. The molecule has 1 rings (SSSR count). The molecule has 1 aromatic carbocycles. The van der Waals surface area contributed by atoms with Gasteiger partial charge in [-0.15, -0.1) is 0 Å². The molecule has 0 bridgehead atoms. The van der Waals surface area contributed by atoms with E-state index < -0.39 is 12.0 Å². The molecule has 0 aromatic heterocycles. The van der Waals surface area contributed by atoms with Crippen LogP contribution >= 0.6 is 0 Å². The summed E-state index contributed by atoms with van der Waals surface area (Å²) in [5.74, 6) is -0.0940. The lowest BCUT2D eigenvalue weighted by molar-refractivity contribution is -0.145. The van der Waals surface area contributed by atoms with Crippen molar-refractivity contribution >= 4 is 11.9 Å². The van der Waals surface area contributed by atoms with E-state index in [1.54, 1.807) is 31.4 Å². The highest BCUT2D eigenvalue weighted by molar-refractivity contribution is 5.86. The third kappa shape index (κ3) is 11.7. The van der Waals surface area contributed by atoms with Gasteiger partial charge in [-0.3, -0.25) is 4.79 Å². The van der Waals surface area contributed by atoms with E-state index in [0.717, 1.165) is 18.4 Å². The lowest BCUT2D eigenvalue weighted by atomic mass is 9.81. The van der Waals surface area contributed by atoms with Crippen LogP contribution in [0.4, 0.5) is 0 Å². The third-order valence-corrected chi connectivity index (χ3v) is 5.53. The summed E-state index contributed by atoms with van der Waals surface area (Å²) in [6.45, 7) is 9.22. The number of rotatable bonds is 16. The molecule has 0 aliphatic heterocycles. The molecule has 7 heteroatoms. The van der Waals surface area contributed by atoms with Crippen molar-refractivity contribution < 1.29 is 28.9 Å². The van der Waals surface area contributed by atoms with Crippen LogP contribution in [0, 0.1) is 23.7 Å². The number of hydrogen-bond donors (Lipinski definition) is 2. The number of amides is 1. The Morgan fingerprint density at radius 1 is 1.06 bits per heavy atom. The normalized spacial score (nSPS) is 14.4. The second kappa shape index (κ2) is 16.3. The van der Waals surface area contributed by atoms with Gasteiger partial charge in [0.25, 0.3) is 0 Å². The number of ether oxygens (including phenoxy) is 3. The first-order valence-electron chi connectivity index (χ1n) is 12.1. The Morgan fingerprint density at radius 3 is 2.29 bits per heavy atom. The largest absolute Gasteiger partial charge is 0.508 e. The minimum absolute atomic E-state index is 0.0166. The molecule has 0 heterocycles. The number of esters is 1. The van der Waals surface area contributed by atoms with Crippen molar-refractivity contribution in [1.82, 2.24) is 5.32 Å². The zero-order valence-electron chi connectivity index (χ0n) is 21.6. The number of aromatic hydroxyl groups is 1. The van der Waals surface area contributed by atoms with E-state index in [4.69, 9.17) is 14.2 Å². The maximum absolute atomic E-state index is 13.5. The molecule has 34 heavy (non-hydrogen) atoms. The Bertz CT molecular complexity index is 744. The van der Waals surface area contributed by atoms with Gasteiger partial charge in [-0.25, -0.2) is 4.79 Å². The van der Waals surface area contributed by atoms with Crippen LogP contribution in [0.15, 0.2) is 36.4 Å².